The van der Waals surface area contributed by atoms with E-state index < -0.39 is 5.97 Å². The van der Waals surface area contributed by atoms with Gasteiger partial charge in [-0.15, -0.1) is 0 Å². The number of esters is 1. The largest absolute Gasteiger partial charge is 0.461 e. The molecule has 0 saturated heterocycles. The molecule has 0 aliphatic rings. The maximum Gasteiger partial charge on any atom is 0.356 e. The Morgan fingerprint density at radius 2 is 2.28 bits per heavy atom. The van der Waals surface area contributed by atoms with E-state index in [1.807, 2.05) is 0 Å². The number of nitrogens with one attached hydrogen (secondary N) is 1. The zero-order valence-electron chi connectivity index (χ0n) is 9.54. The lowest BCUT2D eigenvalue weighted by Crippen LogP contribution is -2.04. The molecule has 0 saturated carbocycles. The van der Waals surface area contributed by atoms with Crippen molar-refractivity contribution in [2.24, 2.45) is 0 Å². The first-order chi connectivity index (χ1) is 8.61. The van der Waals surface area contributed by atoms with Crippen molar-refractivity contribution in [2.75, 3.05) is 6.61 Å². The summed E-state index contributed by atoms with van der Waals surface area (Å²) < 4.78 is 18.6. The summed E-state index contributed by atoms with van der Waals surface area (Å²) in [7, 11) is 0. The van der Waals surface area contributed by atoms with Crippen LogP contribution in [-0.4, -0.2) is 22.8 Å². The molecule has 2 rings (SSSR count). The van der Waals surface area contributed by atoms with Gasteiger partial charge >= 0.3 is 5.97 Å². The first-order valence-corrected chi connectivity index (χ1v) is 6.09. The van der Waals surface area contributed by atoms with Crippen LogP contribution in [0.3, 0.4) is 0 Å². The number of aromatic nitrogens is 2. The molecule has 18 heavy (non-hydrogen) atoms. The SMILES string of the molecule is CCOC(=O)c1cc(-c2ccc(Br)c(F)c2)n[nH]1. The molecule has 0 unspecified atom stereocenters. The van der Waals surface area contributed by atoms with Gasteiger partial charge in [-0.3, -0.25) is 5.10 Å². The summed E-state index contributed by atoms with van der Waals surface area (Å²) in [5, 5.41) is 6.52. The smallest absolute Gasteiger partial charge is 0.356 e. The molecule has 0 aliphatic carbocycles. The third-order valence-corrected chi connectivity index (χ3v) is 2.93. The normalized spacial score (nSPS) is 10.4. The van der Waals surface area contributed by atoms with E-state index in [1.165, 1.54) is 12.1 Å². The molecule has 0 atom stereocenters. The van der Waals surface area contributed by atoms with Crippen LogP contribution in [0.1, 0.15) is 17.4 Å². The number of aromatic amines is 1. The van der Waals surface area contributed by atoms with Gasteiger partial charge in [0.1, 0.15) is 11.5 Å². The van der Waals surface area contributed by atoms with Crippen molar-refractivity contribution in [2.45, 2.75) is 6.92 Å². The third kappa shape index (κ3) is 2.59. The van der Waals surface area contributed by atoms with Crippen LogP contribution >= 0.6 is 15.9 Å². The second-order valence-corrected chi connectivity index (χ2v) is 4.37. The highest BCUT2D eigenvalue weighted by molar-refractivity contribution is 9.10. The molecule has 6 heteroatoms. The summed E-state index contributed by atoms with van der Waals surface area (Å²) in [5.41, 5.74) is 1.32. The fourth-order valence-corrected chi connectivity index (χ4v) is 1.69. The van der Waals surface area contributed by atoms with Crippen molar-refractivity contribution in [1.82, 2.24) is 10.2 Å². The molecule has 0 aliphatic heterocycles. The van der Waals surface area contributed by atoms with Crippen molar-refractivity contribution in [3.63, 3.8) is 0 Å². The second kappa shape index (κ2) is 5.30. The Bertz CT molecular complexity index is 583. The molecular formula is C12H10BrFN2O2. The Hall–Kier alpha value is -1.69. The number of hydrogen-bond donors (Lipinski definition) is 1. The minimum absolute atomic E-state index is 0.246. The van der Waals surface area contributed by atoms with Gasteiger partial charge in [-0.2, -0.15) is 5.10 Å². The summed E-state index contributed by atoms with van der Waals surface area (Å²) >= 11 is 3.07. The predicted octanol–water partition coefficient (Wildman–Crippen LogP) is 3.16. The Kier molecular flexibility index (Phi) is 3.76. The molecule has 1 aromatic heterocycles. The fraction of sp³-hybridized carbons (Fsp3) is 0.167. The van der Waals surface area contributed by atoms with Gasteiger partial charge in [0.25, 0.3) is 0 Å². The quantitative estimate of drug-likeness (QED) is 0.886. The van der Waals surface area contributed by atoms with Crippen LogP contribution in [0.5, 0.6) is 0 Å². The number of benzene rings is 1. The zero-order valence-corrected chi connectivity index (χ0v) is 11.1. The highest BCUT2D eigenvalue weighted by Gasteiger charge is 2.12. The lowest BCUT2D eigenvalue weighted by molar-refractivity contribution is 0.0519. The average Bonchev–Trinajstić information content (AvgIpc) is 2.82. The molecular weight excluding hydrogens is 303 g/mol. The van der Waals surface area contributed by atoms with Gasteiger partial charge in [-0.05, 0) is 41.1 Å². The fourth-order valence-electron chi connectivity index (χ4n) is 1.44. The van der Waals surface area contributed by atoms with Gasteiger partial charge < -0.3 is 4.74 Å². The molecule has 0 fully saturated rings. The van der Waals surface area contributed by atoms with Crippen molar-refractivity contribution in [3.05, 3.63) is 40.2 Å². The van der Waals surface area contributed by atoms with Gasteiger partial charge in [-0.1, -0.05) is 6.07 Å². The predicted molar refractivity (Wildman–Crippen MR) is 67.6 cm³/mol. The van der Waals surface area contributed by atoms with Crippen LogP contribution in [-0.2, 0) is 4.74 Å². The van der Waals surface area contributed by atoms with E-state index in [1.54, 1.807) is 19.1 Å². The minimum Gasteiger partial charge on any atom is -0.461 e. The topological polar surface area (TPSA) is 55.0 Å². The van der Waals surface area contributed by atoms with E-state index in [9.17, 15) is 9.18 Å². The number of carbonyl (C=O) groups is 1. The molecule has 4 nitrogen and oxygen atoms in total. The van der Waals surface area contributed by atoms with Crippen molar-refractivity contribution in [3.8, 4) is 11.3 Å². The molecule has 0 amide bonds. The number of nitrogens with zero attached hydrogens (tertiary/aromatic N) is 1. The summed E-state index contributed by atoms with van der Waals surface area (Å²) in [6.45, 7) is 2.01. The van der Waals surface area contributed by atoms with Crippen LogP contribution in [0.4, 0.5) is 4.39 Å². The number of carbonyl (C=O) groups excluding carboxylic acids is 1. The summed E-state index contributed by atoms with van der Waals surface area (Å²) in [6, 6.07) is 6.16. The molecule has 0 radical (unpaired) electrons. The van der Waals surface area contributed by atoms with Gasteiger partial charge in [0, 0.05) is 5.56 Å². The van der Waals surface area contributed by atoms with E-state index in [0.29, 0.717) is 22.3 Å². The average molecular weight is 313 g/mol. The van der Waals surface area contributed by atoms with Gasteiger partial charge in [-0.25, -0.2) is 9.18 Å². The van der Waals surface area contributed by atoms with Crippen LogP contribution in [0.15, 0.2) is 28.7 Å². The maximum atomic E-state index is 13.4. The van der Waals surface area contributed by atoms with E-state index in [2.05, 4.69) is 26.1 Å². The lowest BCUT2D eigenvalue weighted by atomic mass is 10.1. The van der Waals surface area contributed by atoms with E-state index in [-0.39, 0.29) is 11.5 Å². The first-order valence-electron chi connectivity index (χ1n) is 5.29. The number of hydrogen-bond acceptors (Lipinski definition) is 3. The molecule has 0 spiro atoms. The van der Waals surface area contributed by atoms with Crippen LogP contribution in [0, 0.1) is 5.82 Å². The van der Waals surface area contributed by atoms with E-state index in [4.69, 9.17) is 4.74 Å². The maximum absolute atomic E-state index is 13.4. The molecule has 1 N–H and O–H groups in total. The number of ether oxygens (including phenoxy) is 1. The number of halogens is 2. The second-order valence-electron chi connectivity index (χ2n) is 3.52. The lowest BCUT2D eigenvalue weighted by Gasteiger charge is -1.98. The van der Waals surface area contributed by atoms with E-state index >= 15 is 0 Å². The highest BCUT2D eigenvalue weighted by Crippen LogP contribution is 2.23. The minimum atomic E-state index is -0.478. The molecule has 1 aromatic carbocycles. The standard InChI is InChI=1S/C12H10BrFN2O2/c1-2-18-12(17)11-6-10(15-16-11)7-3-4-8(13)9(14)5-7/h3-6H,2H2,1H3,(H,15,16). The summed E-state index contributed by atoms with van der Waals surface area (Å²) in [4.78, 5) is 11.4. The highest BCUT2D eigenvalue weighted by atomic mass is 79.9. The first kappa shape index (κ1) is 12.8. The Balaban J connectivity index is 2.29. The Labute approximate surface area is 111 Å². The van der Waals surface area contributed by atoms with Crippen LogP contribution in [0.25, 0.3) is 11.3 Å². The summed E-state index contributed by atoms with van der Waals surface area (Å²) in [5.74, 6) is -0.859. The monoisotopic (exact) mass is 312 g/mol. The Morgan fingerprint density at radius 1 is 1.50 bits per heavy atom. The van der Waals surface area contributed by atoms with Crippen molar-refractivity contribution < 1.29 is 13.9 Å². The van der Waals surface area contributed by atoms with Gasteiger partial charge in [0.2, 0.25) is 0 Å². The van der Waals surface area contributed by atoms with Crippen LogP contribution in [0.2, 0.25) is 0 Å². The molecule has 0 bridgehead atoms. The molecule has 2 aromatic rings. The van der Waals surface area contributed by atoms with Gasteiger partial charge in [0.15, 0.2) is 0 Å². The van der Waals surface area contributed by atoms with Crippen molar-refractivity contribution >= 4 is 21.9 Å². The number of H-pyrrole nitrogens is 1. The van der Waals surface area contributed by atoms with Gasteiger partial charge in [0.05, 0.1) is 16.8 Å². The van der Waals surface area contributed by atoms with Crippen LogP contribution < -0.4 is 0 Å². The van der Waals surface area contributed by atoms with Crippen molar-refractivity contribution in [1.29, 1.82) is 0 Å². The Morgan fingerprint density at radius 3 is 2.94 bits per heavy atom. The molecule has 1 heterocycles. The number of rotatable bonds is 3. The summed E-state index contributed by atoms with van der Waals surface area (Å²) in [6.07, 6.45) is 0. The molecule has 94 valence electrons. The van der Waals surface area contributed by atoms with E-state index in [0.717, 1.165) is 0 Å². The third-order valence-electron chi connectivity index (χ3n) is 2.29. The zero-order chi connectivity index (χ0) is 13.1.